The Morgan fingerprint density at radius 2 is 2.18 bits per heavy atom. The van der Waals surface area contributed by atoms with Gasteiger partial charge in [0.05, 0.1) is 5.56 Å². The molecule has 0 saturated heterocycles. The molecule has 0 aromatic heterocycles. The Labute approximate surface area is 109 Å². The zero-order valence-corrected chi connectivity index (χ0v) is 11.7. The van der Waals surface area contributed by atoms with E-state index in [2.05, 4.69) is 21.2 Å². The lowest BCUT2D eigenvalue weighted by Gasteiger charge is -2.20. The second-order valence-corrected chi connectivity index (χ2v) is 5.00. The molecule has 0 fully saturated rings. The Bertz CT molecular complexity index is 409. The minimum absolute atomic E-state index is 0.228. The molecule has 1 rings (SSSR count). The molecule has 5 heteroatoms. The highest BCUT2D eigenvalue weighted by molar-refractivity contribution is 9.10. The number of likely N-dealkylation sites (N-methyl/N-ethyl adjacent to an activating group) is 1. The average Bonchev–Trinajstić information content (AvgIpc) is 2.28. The van der Waals surface area contributed by atoms with Gasteiger partial charge >= 0.3 is 0 Å². The van der Waals surface area contributed by atoms with E-state index in [1.54, 1.807) is 0 Å². The maximum atomic E-state index is 13.0. The lowest BCUT2D eigenvalue weighted by molar-refractivity contribution is 0.0942. The fraction of sp³-hybridized carbons (Fsp3) is 0.417. The van der Waals surface area contributed by atoms with Crippen LogP contribution in [0.2, 0.25) is 0 Å². The van der Waals surface area contributed by atoms with Crippen LogP contribution >= 0.6 is 15.9 Å². The largest absolute Gasteiger partial charge is 0.350 e. The van der Waals surface area contributed by atoms with Crippen LogP contribution in [-0.2, 0) is 0 Å². The van der Waals surface area contributed by atoms with E-state index in [-0.39, 0.29) is 11.9 Å². The number of carbonyl (C=O) groups excluding carboxylic acids is 1. The van der Waals surface area contributed by atoms with Gasteiger partial charge in [0, 0.05) is 17.1 Å². The van der Waals surface area contributed by atoms with Gasteiger partial charge in [0.1, 0.15) is 5.82 Å². The van der Waals surface area contributed by atoms with E-state index in [1.807, 2.05) is 25.9 Å². The molecular weight excluding hydrogens is 287 g/mol. The summed E-state index contributed by atoms with van der Waals surface area (Å²) in [5, 5.41) is 2.77. The molecule has 1 aromatic rings. The Morgan fingerprint density at radius 3 is 2.76 bits per heavy atom. The molecule has 0 aliphatic heterocycles. The normalized spacial score (nSPS) is 12.6. The summed E-state index contributed by atoms with van der Waals surface area (Å²) in [6.07, 6.45) is 0. The predicted octanol–water partition coefficient (Wildman–Crippen LogP) is 2.27. The highest BCUT2D eigenvalue weighted by atomic mass is 79.9. The van der Waals surface area contributed by atoms with E-state index in [4.69, 9.17) is 0 Å². The zero-order chi connectivity index (χ0) is 13.0. The lowest BCUT2D eigenvalue weighted by atomic mass is 10.2. The number of carbonyl (C=O) groups is 1. The topological polar surface area (TPSA) is 32.3 Å². The lowest BCUT2D eigenvalue weighted by Crippen LogP contribution is -2.38. The van der Waals surface area contributed by atoms with Gasteiger partial charge in [-0.2, -0.15) is 0 Å². The van der Waals surface area contributed by atoms with Gasteiger partial charge in [-0.1, -0.05) is 0 Å². The second kappa shape index (κ2) is 6.12. The summed E-state index contributed by atoms with van der Waals surface area (Å²) < 4.78 is 13.6. The number of rotatable bonds is 4. The van der Waals surface area contributed by atoms with Gasteiger partial charge in [-0.15, -0.1) is 0 Å². The fourth-order valence-corrected chi connectivity index (χ4v) is 1.62. The van der Waals surface area contributed by atoms with E-state index >= 15 is 0 Å². The molecule has 0 heterocycles. The molecule has 1 N–H and O–H groups in total. The number of hydrogen-bond acceptors (Lipinski definition) is 2. The van der Waals surface area contributed by atoms with Crippen molar-refractivity contribution in [2.24, 2.45) is 0 Å². The molecule has 94 valence electrons. The van der Waals surface area contributed by atoms with Crippen LogP contribution in [0.4, 0.5) is 4.39 Å². The van der Waals surface area contributed by atoms with Gasteiger partial charge in [-0.3, -0.25) is 4.79 Å². The molecule has 0 saturated carbocycles. The third kappa shape index (κ3) is 4.09. The maximum Gasteiger partial charge on any atom is 0.252 e. The summed E-state index contributed by atoms with van der Waals surface area (Å²) in [4.78, 5) is 13.8. The van der Waals surface area contributed by atoms with Crippen molar-refractivity contribution < 1.29 is 9.18 Å². The Hall–Kier alpha value is -0.940. The molecule has 0 bridgehead atoms. The monoisotopic (exact) mass is 302 g/mol. The van der Waals surface area contributed by atoms with Crippen molar-refractivity contribution in [2.75, 3.05) is 20.6 Å². The molecule has 0 aliphatic carbocycles. The number of halogens is 2. The van der Waals surface area contributed by atoms with Gasteiger partial charge < -0.3 is 10.2 Å². The van der Waals surface area contributed by atoms with Crippen LogP contribution in [0.1, 0.15) is 17.3 Å². The van der Waals surface area contributed by atoms with Crippen molar-refractivity contribution in [3.05, 3.63) is 34.1 Å². The summed E-state index contributed by atoms with van der Waals surface area (Å²) in [5.74, 6) is -0.691. The second-order valence-electron chi connectivity index (χ2n) is 4.15. The standard InChI is InChI=1S/C12H16BrFN2O/c1-8(16(2)3)7-15-12(17)10-6-9(14)4-5-11(10)13/h4-6,8H,7H2,1-3H3,(H,15,17). The SMILES string of the molecule is CC(CNC(=O)c1cc(F)ccc1Br)N(C)C. The Kier molecular flexibility index (Phi) is 5.08. The van der Waals surface area contributed by atoms with E-state index in [9.17, 15) is 9.18 Å². The van der Waals surface area contributed by atoms with Crippen molar-refractivity contribution >= 4 is 21.8 Å². The average molecular weight is 303 g/mol. The van der Waals surface area contributed by atoms with Crippen molar-refractivity contribution in [1.29, 1.82) is 0 Å². The molecule has 0 aliphatic rings. The first-order valence-corrected chi connectivity index (χ1v) is 6.10. The molecule has 1 atom stereocenters. The molecular formula is C12H16BrFN2O. The molecule has 1 unspecified atom stereocenters. The smallest absolute Gasteiger partial charge is 0.252 e. The molecule has 0 radical (unpaired) electrons. The summed E-state index contributed by atoms with van der Waals surface area (Å²) in [7, 11) is 3.88. The summed E-state index contributed by atoms with van der Waals surface area (Å²) in [6.45, 7) is 2.52. The maximum absolute atomic E-state index is 13.0. The molecule has 0 spiro atoms. The molecule has 17 heavy (non-hydrogen) atoms. The third-order valence-electron chi connectivity index (χ3n) is 2.61. The minimum atomic E-state index is -0.418. The van der Waals surface area contributed by atoms with Crippen molar-refractivity contribution in [3.8, 4) is 0 Å². The van der Waals surface area contributed by atoms with Crippen molar-refractivity contribution in [1.82, 2.24) is 10.2 Å². The first kappa shape index (κ1) is 14.1. The number of amides is 1. The number of nitrogens with zero attached hydrogens (tertiary/aromatic N) is 1. The van der Waals surface area contributed by atoms with Crippen molar-refractivity contribution in [3.63, 3.8) is 0 Å². The first-order valence-electron chi connectivity index (χ1n) is 5.31. The number of nitrogens with one attached hydrogen (secondary N) is 1. The number of hydrogen-bond donors (Lipinski definition) is 1. The van der Waals surface area contributed by atoms with Crippen LogP contribution in [0.3, 0.4) is 0 Å². The third-order valence-corrected chi connectivity index (χ3v) is 3.30. The Morgan fingerprint density at radius 1 is 1.53 bits per heavy atom. The zero-order valence-electron chi connectivity index (χ0n) is 10.1. The quantitative estimate of drug-likeness (QED) is 0.925. The van der Waals surface area contributed by atoms with E-state index in [0.29, 0.717) is 16.6 Å². The van der Waals surface area contributed by atoms with Crippen molar-refractivity contribution in [2.45, 2.75) is 13.0 Å². The summed E-state index contributed by atoms with van der Waals surface area (Å²) in [6, 6.07) is 4.29. The number of benzene rings is 1. The Balaban J connectivity index is 2.67. The van der Waals surface area contributed by atoms with Gasteiger partial charge in [0.2, 0.25) is 0 Å². The molecule has 1 amide bonds. The van der Waals surface area contributed by atoms with E-state index in [0.717, 1.165) is 0 Å². The fourth-order valence-electron chi connectivity index (χ4n) is 1.19. The van der Waals surface area contributed by atoms with Gasteiger partial charge in [-0.25, -0.2) is 4.39 Å². The highest BCUT2D eigenvalue weighted by Crippen LogP contribution is 2.17. The van der Waals surface area contributed by atoms with Crippen LogP contribution in [0.15, 0.2) is 22.7 Å². The van der Waals surface area contributed by atoms with E-state index in [1.165, 1.54) is 18.2 Å². The molecule has 1 aromatic carbocycles. The van der Waals surface area contributed by atoms with Crippen LogP contribution in [0.5, 0.6) is 0 Å². The minimum Gasteiger partial charge on any atom is -0.350 e. The predicted molar refractivity (Wildman–Crippen MR) is 69.6 cm³/mol. The van der Waals surface area contributed by atoms with Gasteiger partial charge in [0.25, 0.3) is 5.91 Å². The van der Waals surface area contributed by atoms with Crippen LogP contribution in [0.25, 0.3) is 0 Å². The molecule has 3 nitrogen and oxygen atoms in total. The van der Waals surface area contributed by atoms with Crippen LogP contribution < -0.4 is 5.32 Å². The summed E-state index contributed by atoms with van der Waals surface area (Å²) in [5.41, 5.74) is 0.316. The van der Waals surface area contributed by atoms with Gasteiger partial charge in [-0.05, 0) is 55.1 Å². The summed E-state index contributed by atoms with van der Waals surface area (Å²) >= 11 is 3.23. The highest BCUT2D eigenvalue weighted by Gasteiger charge is 2.12. The van der Waals surface area contributed by atoms with E-state index < -0.39 is 5.82 Å². The van der Waals surface area contributed by atoms with Crippen LogP contribution in [-0.4, -0.2) is 37.5 Å². The van der Waals surface area contributed by atoms with Gasteiger partial charge in [0.15, 0.2) is 0 Å². The first-order chi connectivity index (χ1) is 7.91. The van der Waals surface area contributed by atoms with Crippen LogP contribution in [0, 0.1) is 5.82 Å².